The van der Waals surface area contributed by atoms with Gasteiger partial charge in [0.2, 0.25) is 0 Å². The third-order valence-electron chi connectivity index (χ3n) is 5.26. The molecule has 1 saturated heterocycles. The molecule has 0 spiro atoms. The zero-order valence-electron chi connectivity index (χ0n) is 18.2. The van der Waals surface area contributed by atoms with E-state index in [1.54, 1.807) is 18.2 Å². The molecule has 1 aliphatic rings. The number of carbonyl (C=O) groups is 3. The summed E-state index contributed by atoms with van der Waals surface area (Å²) < 4.78 is 42.3. The average Bonchev–Trinajstić information content (AvgIpc) is 2.82. The number of amides is 2. The molecule has 1 aliphatic heterocycles. The maximum absolute atomic E-state index is 13.9. The summed E-state index contributed by atoms with van der Waals surface area (Å²) in [6, 6.07) is 7.62. The van der Waals surface area contributed by atoms with Crippen LogP contribution in [0.15, 0.2) is 36.4 Å². The van der Waals surface area contributed by atoms with Crippen LogP contribution in [-0.4, -0.2) is 56.6 Å². The molecule has 2 aromatic rings. The summed E-state index contributed by atoms with van der Waals surface area (Å²) in [5.74, 6) is -2.84. The average molecular weight is 462 g/mol. The van der Waals surface area contributed by atoms with E-state index < -0.39 is 41.9 Å². The summed E-state index contributed by atoms with van der Waals surface area (Å²) in [5.41, 5.74) is 0.204. The molecule has 176 valence electrons. The summed E-state index contributed by atoms with van der Waals surface area (Å²) >= 11 is 0. The van der Waals surface area contributed by atoms with E-state index in [4.69, 9.17) is 14.2 Å². The van der Waals surface area contributed by atoms with Crippen molar-refractivity contribution in [3.63, 3.8) is 0 Å². The van der Waals surface area contributed by atoms with Crippen molar-refractivity contribution in [2.24, 2.45) is 5.92 Å². The molecule has 0 saturated carbocycles. The van der Waals surface area contributed by atoms with Crippen molar-refractivity contribution in [1.82, 2.24) is 4.90 Å². The lowest BCUT2D eigenvalue weighted by Gasteiger charge is -2.31. The number of methoxy groups -OCH3 is 2. The lowest BCUT2D eigenvalue weighted by Crippen LogP contribution is -2.41. The first kappa shape index (κ1) is 24.0. The Balaban J connectivity index is 1.47. The summed E-state index contributed by atoms with van der Waals surface area (Å²) in [4.78, 5) is 38.4. The van der Waals surface area contributed by atoms with Crippen LogP contribution in [-0.2, 0) is 14.3 Å². The van der Waals surface area contributed by atoms with Gasteiger partial charge in [0.05, 0.1) is 25.7 Å². The van der Waals surface area contributed by atoms with Gasteiger partial charge in [0.25, 0.3) is 11.8 Å². The van der Waals surface area contributed by atoms with Crippen LogP contribution in [0.1, 0.15) is 23.2 Å². The van der Waals surface area contributed by atoms with Crippen LogP contribution in [0.25, 0.3) is 0 Å². The number of halogens is 2. The highest BCUT2D eigenvalue weighted by Crippen LogP contribution is 2.26. The molecule has 0 atom stereocenters. The second-order valence-electron chi connectivity index (χ2n) is 7.45. The van der Waals surface area contributed by atoms with Crippen LogP contribution in [0.2, 0.25) is 0 Å². The maximum atomic E-state index is 13.9. The Hall–Kier alpha value is -3.69. The molecule has 8 nitrogen and oxygen atoms in total. The predicted octanol–water partition coefficient (Wildman–Crippen LogP) is 3.02. The number of rotatable bonds is 7. The van der Waals surface area contributed by atoms with Crippen molar-refractivity contribution in [2.75, 3.05) is 39.2 Å². The van der Waals surface area contributed by atoms with Crippen molar-refractivity contribution in [3.8, 4) is 11.5 Å². The summed E-state index contributed by atoms with van der Waals surface area (Å²) in [6.45, 7) is -0.0469. The zero-order chi connectivity index (χ0) is 24.0. The standard InChI is InChI=1S/C23H24F2N2O6/c1-31-17-10-16(11-18(12-17)32-2)26-21(28)13-33-23(30)14-5-7-27(8-6-14)22(29)19-4-3-15(24)9-20(19)25/h3-4,9-12,14H,5-8,13H2,1-2H3,(H,26,28). The highest BCUT2D eigenvalue weighted by Gasteiger charge is 2.30. The molecule has 0 radical (unpaired) electrons. The minimum absolute atomic E-state index is 0.214. The van der Waals surface area contributed by atoms with Gasteiger partial charge in [-0.15, -0.1) is 0 Å². The Bertz CT molecular complexity index is 1020. The molecule has 2 amide bonds. The highest BCUT2D eigenvalue weighted by molar-refractivity contribution is 5.95. The van der Waals surface area contributed by atoms with Crippen LogP contribution < -0.4 is 14.8 Å². The second-order valence-corrected chi connectivity index (χ2v) is 7.45. The molecule has 10 heteroatoms. The van der Waals surface area contributed by atoms with Crippen molar-refractivity contribution in [2.45, 2.75) is 12.8 Å². The number of hydrogen-bond acceptors (Lipinski definition) is 6. The number of esters is 1. The van der Waals surface area contributed by atoms with E-state index in [1.165, 1.54) is 19.1 Å². The minimum Gasteiger partial charge on any atom is -0.497 e. The molecule has 1 fully saturated rings. The first-order valence-electron chi connectivity index (χ1n) is 10.2. The first-order chi connectivity index (χ1) is 15.8. The van der Waals surface area contributed by atoms with Gasteiger partial charge in [-0.2, -0.15) is 0 Å². The Morgan fingerprint density at radius 2 is 1.64 bits per heavy atom. The van der Waals surface area contributed by atoms with Crippen LogP contribution in [0, 0.1) is 17.6 Å². The predicted molar refractivity (Wildman–Crippen MR) is 114 cm³/mol. The molecule has 3 rings (SSSR count). The molecule has 2 aromatic carbocycles. The lowest BCUT2D eigenvalue weighted by atomic mass is 9.96. The molecule has 0 bridgehead atoms. The van der Waals surface area contributed by atoms with E-state index in [0.717, 1.165) is 12.1 Å². The van der Waals surface area contributed by atoms with Crippen molar-refractivity contribution < 1.29 is 37.4 Å². The Kier molecular flexibility index (Phi) is 7.81. The quantitative estimate of drug-likeness (QED) is 0.636. The van der Waals surface area contributed by atoms with E-state index in [2.05, 4.69) is 5.32 Å². The fourth-order valence-electron chi connectivity index (χ4n) is 3.48. The first-order valence-corrected chi connectivity index (χ1v) is 10.2. The molecular weight excluding hydrogens is 438 g/mol. The summed E-state index contributed by atoms with van der Waals surface area (Å²) in [5, 5.41) is 2.61. The molecule has 33 heavy (non-hydrogen) atoms. The fourth-order valence-corrected chi connectivity index (χ4v) is 3.48. The highest BCUT2D eigenvalue weighted by atomic mass is 19.1. The molecule has 0 aromatic heterocycles. The van der Waals surface area contributed by atoms with Gasteiger partial charge in [-0.1, -0.05) is 0 Å². The largest absolute Gasteiger partial charge is 0.497 e. The number of benzene rings is 2. The lowest BCUT2D eigenvalue weighted by molar-refractivity contribution is -0.152. The number of nitrogens with zero attached hydrogens (tertiary/aromatic N) is 1. The van der Waals surface area contributed by atoms with E-state index >= 15 is 0 Å². The van der Waals surface area contributed by atoms with Crippen LogP contribution in [0.4, 0.5) is 14.5 Å². The van der Waals surface area contributed by atoms with Gasteiger partial charge in [-0.25, -0.2) is 8.78 Å². The Labute approximate surface area is 189 Å². The molecular formula is C23H24F2N2O6. The van der Waals surface area contributed by atoms with E-state index in [-0.39, 0.29) is 18.7 Å². The number of ether oxygens (including phenoxy) is 3. The van der Waals surface area contributed by atoms with Gasteiger partial charge < -0.3 is 24.4 Å². The molecule has 0 unspecified atom stereocenters. The second kappa shape index (κ2) is 10.8. The third-order valence-corrected chi connectivity index (χ3v) is 5.26. The number of likely N-dealkylation sites (tertiary alicyclic amines) is 1. The van der Waals surface area contributed by atoms with E-state index in [1.807, 2.05) is 0 Å². The number of anilines is 1. The topological polar surface area (TPSA) is 94.2 Å². The third kappa shape index (κ3) is 6.18. The normalized spacial score (nSPS) is 13.9. The van der Waals surface area contributed by atoms with Crippen LogP contribution >= 0.6 is 0 Å². The monoisotopic (exact) mass is 462 g/mol. The van der Waals surface area contributed by atoms with Gasteiger partial charge in [0.15, 0.2) is 6.61 Å². The van der Waals surface area contributed by atoms with E-state index in [0.29, 0.717) is 36.1 Å². The van der Waals surface area contributed by atoms with Gasteiger partial charge in [0, 0.05) is 43.0 Å². The number of piperidine rings is 1. The number of carbonyl (C=O) groups excluding carboxylic acids is 3. The van der Waals surface area contributed by atoms with E-state index in [9.17, 15) is 23.2 Å². The van der Waals surface area contributed by atoms with Gasteiger partial charge >= 0.3 is 5.97 Å². The maximum Gasteiger partial charge on any atom is 0.309 e. The Morgan fingerprint density at radius 1 is 1.00 bits per heavy atom. The minimum atomic E-state index is -0.929. The smallest absolute Gasteiger partial charge is 0.309 e. The fraction of sp³-hybridized carbons (Fsp3) is 0.348. The Morgan fingerprint density at radius 3 is 2.21 bits per heavy atom. The van der Waals surface area contributed by atoms with Crippen LogP contribution in [0.3, 0.4) is 0 Å². The SMILES string of the molecule is COc1cc(NC(=O)COC(=O)C2CCN(C(=O)c3ccc(F)cc3F)CC2)cc(OC)c1. The van der Waals surface area contributed by atoms with Gasteiger partial charge in [-0.05, 0) is 25.0 Å². The van der Waals surface area contributed by atoms with Crippen LogP contribution in [0.5, 0.6) is 11.5 Å². The van der Waals surface area contributed by atoms with Gasteiger partial charge in [0.1, 0.15) is 23.1 Å². The molecule has 1 heterocycles. The number of nitrogens with one attached hydrogen (secondary N) is 1. The summed E-state index contributed by atoms with van der Waals surface area (Å²) in [7, 11) is 2.97. The molecule has 1 N–H and O–H groups in total. The van der Waals surface area contributed by atoms with Crippen molar-refractivity contribution >= 4 is 23.5 Å². The van der Waals surface area contributed by atoms with Crippen molar-refractivity contribution in [1.29, 1.82) is 0 Å². The number of hydrogen-bond donors (Lipinski definition) is 1. The molecule has 0 aliphatic carbocycles. The zero-order valence-corrected chi connectivity index (χ0v) is 18.2. The summed E-state index contributed by atoms with van der Waals surface area (Å²) in [6.07, 6.45) is 0.615. The van der Waals surface area contributed by atoms with Gasteiger partial charge in [-0.3, -0.25) is 14.4 Å². The van der Waals surface area contributed by atoms with Crippen molar-refractivity contribution in [3.05, 3.63) is 53.6 Å².